The number of thioether (sulfide) groups is 1. The fourth-order valence-corrected chi connectivity index (χ4v) is 3.94. The lowest BCUT2D eigenvalue weighted by Gasteiger charge is -2.23. The molecule has 2 nitrogen and oxygen atoms in total. The largest absolute Gasteiger partial charge is 0.354 e. The van der Waals surface area contributed by atoms with Gasteiger partial charge < -0.3 is 5.32 Å². The van der Waals surface area contributed by atoms with Gasteiger partial charge in [0.1, 0.15) is 0 Å². The number of carbonyl (C=O) groups is 1. The summed E-state index contributed by atoms with van der Waals surface area (Å²) in [5, 5.41) is 3.13. The maximum atomic E-state index is 12.1. The third-order valence-corrected chi connectivity index (χ3v) is 5.61. The quantitative estimate of drug-likeness (QED) is 0.771. The van der Waals surface area contributed by atoms with Gasteiger partial charge in [0.25, 0.3) is 0 Å². The van der Waals surface area contributed by atoms with Crippen LogP contribution in [0.2, 0.25) is 0 Å². The Morgan fingerprint density at radius 1 is 1.44 bits per heavy atom. The first-order valence-corrected chi connectivity index (χ1v) is 7.61. The number of rotatable bonds is 5. The first-order chi connectivity index (χ1) is 7.60. The third-order valence-electron chi connectivity index (χ3n) is 3.90. The monoisotopic (exact) mass is 261 g/mol. The van der Waals surface area contributed by atoms with Gasteiger partial charge in [-0.2, -0.15) is 0 Å². The summed E-state index contributed by atoms with van der Waals surface area (Å²) in [7, 11) is 0. The van der Waals surface area contributed by atoms with E-state index in [4.69, 9.17) is 11.6 Å². The zero-order valence-corrected chi connectivity index (χ0v) is 11.4. The molecule has 1 saturated heterocycles. The summed E-state index contributed by atoms with van der Waals surface area (Å²) >= 11 is 7.58. The van der Waals surface area contributed by atoms with Gasteiger partial charge in [0.15, 0.2) is 0 Å². The van der Waals surface area contributed by atoms with Gasteiger partial charge in [-0.25, -0.2) is 0 Å². The zero-order chi connectivity index (χ0) is 11.6. The molecule has 0 spiro atoms. The van der Waals surface area contributed by atoms with Crippen molar-refractivity contribution < 1.29 is 4.79 Å². The van der Waals surface area contributed by atoms with Crippen LogP contribution < -0.4 is 5.32 Å². The van der Waals surface area contributed by atoms with Crippen LogP contribution in [0.25, 0.3) is 0 Å². The average Bonchev–Trinajstić information content (AvgIpc) is 2.88. The van der Waals surface area contributed by atoms with Gasteiger partial charge >= 0.3 is 0 Å². The normalized spacial score (nSPS) is 31.4. The number of halogens is 1. The van der Waals surface area contributed by atoms with E-state index in [1.54, 1.807) is 11.8 Å². The number of carbonyl (C=O) groups excluding carboxylic acids is 1. The molecule has 2 rings (SSSR count). The van der Waals surface area contributed by atoms with Crippen LogP contribution in [0.5, 0.6) is 0 Å². The van der Waals surface area contributed by atoms with Crippen molar-refractivity contribution in [3.8, 4) is 0 Å². The van der Waals surface area contributed by atoms with Crippen LogP contribution in [0.15, 0.2) is 0 Å². The minimum atomic E-state index is -0.170. The molecule has 0 bridgehead atoms. The lowest BCUT2D eigenvalue weighted by molar-refractivity contribution is -0.123. The van der Waals surface area contributed by atoms with Crippen LogP contribution in [0, 0.1) is 5.41 Å². The number of hydrogen-bond acceptors (Lipinski definition) is 2. The fourth-order valence-electron chi connectivity index (χ4n) is 2.31. The Bertz CT molecular complexity index is 272. The zero-order valence-electron chi connectivity index (χ0n) is 9.85. The smallest absolute Gasteiger partial charge is 0.235 e. The molecule has 1 N–H and O–H groups in total. The van der Waals surface area contributed by atoms with Crippen molar-refractivity contribution in [2.45, 2.75) is 43.8 Å². The summed E-state index contributed by atoms with van der Waals surface area (Å²) in [6.07, 6.45) is 5.68. The van der Waals surface area contributed by atoms with Crippen molar-refractivity contribution in [1.82, 2.24) is 5.32 Å². The van der Waals surface area contributed by atoms with E-state index < -0.39 is 0 Å². The highest BCUT2D eigenvalue weighted by molar-refractivity contribution is 8.01. The van der Waals surface area contributed by atoms with E-state index in [-0.39, 0.29) is 10.7 Å². The molecule has 16 heavy (non-hydrogen) atoms. The highest BCUT2D eigenvalue weighted by Gasteiger charge is 2.44. The first kappa shape index (κ1) is 12.6. The number of amides is 1. The van der Waals surface area contributed by atoms with Crippen molar-refractivity contribution >= 4 is 29.3 Å². The van der Waals surface area contributed by atoms with E-state index >= 15 is 0 Å². The predicted octanol–water partition coefficient (Wildman–Crippen LogP) is 2.80. The van der Waals surface area contributed by atoms with Crippen LogP contribution in [0.3, 0.4) is 0 Å². The molecule has 4 heteroatoms. The Kier molecular flexibility index (Phi) is 3.75. The second kappa shape index (κ2) is 4.77. The Hall–Kier alpha value is 0.110. The van der Waals surface area contributed by atoms with E-state index in [0.717, 1.165) is 25.1 Å². The van der Waals surface area contributed by atoms with E-state index in [1.807, 2.05) is 0 Å². The number of nitrogens with one attached hydrogen (secondary N) is 1. The molecule has 1 aliphatic heterocycles. The van der Waals surface area contributed by atoms with E-state index in [2.05, 4.69) is 12.2 Å². The van der Waals surface area contributed by atoms with Crippen LogP contribution in [0.4, 0.5) is 0 Å². The van der Waals surface area contributed by atoms with Gasteiger partial charge in [-0.15, -0.1) is 23.4 Å². The van der Waals surface area contributed by atoms with Gasteiger partial charge in [-0.05, 0) is 50.2 Å². The molecule has 1 aliphatic carbocycles. The van der Waals surface area contributed by atoms with Crippen LogP contribution in [0.1, 0.15) is 39.0 Å². The molecule has 0 aromatic carbocycles. The van der Waals surface area contributed by atoms with E-state index in [1.165, 1.54) is 19.3 Å². The molecule has 2 aliphatic rings. The van der Waals surface area contributed by atoms with Crippen LogP contribution >= 0.6 is 23.4 Å². The molecule has 92 valence electrons. The summed E-state index contributed by atoms with van der Waals surface area (Å²) in [5.41, 5.74) is 0.344. The highest BCUT2D eigenvalue weighted by Crippen LogP contribution is 2.48. The topological polar surface area (TPSA) is 29.1 Å². The molecule has 1 amide bonds. The Balaban J connectivity index is 1.79. The van der Waals surface area contributed by atoms with Crippen molar-refractivity contribution in [2.24, 2.45) is 5.41 Å². The Morgan fingerprint density at radius 3 is 2.69 bits per heavy atom. The van der Waals surface area contributed by atoms with Gasteiger partial charge in [-0.1, -0.05) is 0 Å². The lowest BCUT2D eigenvalue weighted by Crippen LogP contribution is -2.42. The minimum absolute atomic E-state index is 0.170. The molecular formula is C12H20ClNOS. The van der Waals surface area contributed by atoms with Crippen molar-refractivity contribution in [3.05, 3.63) is 0 Å². The first-order valence-electron chi connectivity index (χ1n) is 6.09. The molecule has 1 atom stereocenters. The van der Waals surface area contributed by atoms with E-state index in [9.17, 15) is 4.79 Å². The van der Waals surface area contributed by atoms with Gasteiger partial charge in [0, 0.05) is 12.4 Å². The summed E-state index contributed by atoms with van der Waals surface area (Å²) in [4.78, 5) is 12.1. The highest BCUT2D eigenvalue weighted by atomic mass is 35.5. The fraction of sp³-hybridized carbons (Fsp3) is 0.917. The molecule has 1 heterocycles. The Labute approximate surface area is 107 Å². The summed E-state index contributed by atoms with van der Waals surface area (Å²) in [6, 6.07) is 0. The van der Waals surface area contributed by atoms with Crippen molar-refractivity contribution in [3.63, 3.8) is 0 Å². The van der Waals surface area contributed by atoms with E-state index in [0.29, 0.717) is 11.3 Å². The standard InChI is InChI=1S/C12H20ClNOS/c1-11(3-2-8-16-11)10(15)14-9-12(4-5-12)6-7-13/h2-9H2,1H3,(H,14,15). The maximum absolute atomic E-state index is 12.1. The number of hydrogen-bond donors (Lipinski definition) is 1. The average molecular weight is 262 g/mol. The van der Waals surface area contributed by atoms with Gasteiger partial charge in [0.05, 0.1) is 4.75 Å². The molecular weight excluding hydrogens is 242 g/mol. The summed E-state index contributed by atoms with van der Waals surface area (Å²) < 4.78 is -0.170. The third kappa shape index (κ3) is 2.67. The molecule has 0 aromatic heterocycles. The molecule has 0 radical (unpaired) electrons. The minimum Gasteiger partial charge on any atom is -0.354 e. The Morgan fingerprint density at radius 2 is 2.19 bits per heavy atom. The number of alkyl halides is 1. The second-order valence-electron chi connectivity index (χ2n) is 5.30. The molecule has 1 unspecified atom stereocenters. The maximum Gasteiger partial charge on any atom is 0.235 e. The molecule has 2 fully saturated rings. The van der Waals surface area contributed by atoms with Gasteiger partial charge in [0.2, 0.25) is 5.91 Å². The SMILES string of the molecule is CC1(C(=O)NCC2(CCCl)CC2)CCCS1. The molecule has 1 saturated carbocycles. The summed E-state index contributed by atoms with van der Waals surface area (Å²) in [5.74, 6) is 2.06. The summed E-state index contributed by atoms with van der Waals surface area (Å²) in [6.45, 7) is 2.90. The molecule has 0 aromatic rings. The second-order valence-corrected chi connectivity index (χ2v) is 7.28. The van der Waals surface area contributed by atoms with Crippen LogP contribution in [-0.2, 0) is 4.79 Å². The predicted molar refractivity (Wildman–Crippen MR) is 70.1 cm³/mol. The van der Waals surface area contributed by atoms with Gasteiger partial charge in [-0.3, -0.25) is 4.79 Å². The lowest BCUT2D eigenvalue weighted by atomic mass is 10.0. The van der Waals surface area contributed by atoms with Crippen molar-refractivity contribution in [1.29, 1.82) is 0 Å². The van der Waals surface area contributed by atoms with Crippen LogP contribution in [-0.4, -0.2) is 28.8 Å². The van der Waals surface area contributed by atoms with Crippen molar-refractivity contribution in [2.75, 3.05) is 18.2 Å².